The van der Waals surface area contributed by atoms with Gasteiger partial charge in [0.25, 0.3) is 0 Å². The van der Waals surface area contributed by atoms with Crippen molar-refractivity contribution in [1.29, 1.82) is 0 Å². The minimum atomic E-state index is -0.937. The van der Waals surface area contributed by atoms with Crippen LogP contribution in [0.4, 0.5) is 9.18 Å². The number of likely N-dealkylation sites (tertiary alicyclic amines) is 1. The Morgan fingerprint density at radius 1 is 1.44 bits per heavy atom. The van der Waals surface area contributed by atoms with Crippen LogP contribution >= 0.6 is 0 Å². The van der Waals surface area contributed by atoms with Crippen molar-refractivity contribution in [3.63, 3.8) is 0 Å². The second kappa shape index (κ2) is 6.98. The van der Waals surface area contributed by atoms with Crippen molar-refractivity contribution in [3.8, 4) is 11.4 Å². The van der Waals surface area contributed by atoms with Crippen LogP contribution < -0.4 is 5.32 Å². The smallest absolute Gasteiger partial charge is 0.318 e. The molecule has 0 radical (unpaired) electrons. The van der Waals surface area contributed by atoms with E-state index in [-0.39, 0.29) is 24.1 Å². The molecular formula is C18H21FN4O4. The Bertz CT molecular complexity index is 884. The Balaban J connectivity index is 1.66. The summed E-state index contributed by atoms with van der Waals surface area (Å²) >= 11 is 0. The second-order valence-electron chi connectivity index (χ2n) is 7.13. The largest absolute Gasteiger partial charge is 0.481 e. The quantitative estimate of drug-likeness (QED) is 0.849. The Morgan fingerprint density at radius 2 is 2.19 bits per heavy atom. The molecule has 3 rings (SSSR count). The third-order valence-electron chi connectivity index (χ3n) is 4.86. The summed E-state index contributed by atoms with van der Waals surface area (Å²) in [5, 5.41) is 15.8. The zero-order chi connectivity index (χ0) is 19.8. The standard InChI is InChI=1S/C18H21FN4O4/c1-10-4-5-12(8-13(10)19)14-21-15(27-22-14)11(2)20-17(26)23-7-6-18(3,9-23)16(24)25/h4-5,8,11H,6-7,9H2,1-3H3,(H,20,26)(H,24,25). The molecule has 2 N–H and O–H groups in total. The molecule has 27 heavy (non-hydrogen) atoms. The number of carboxylic acid groups (broad SMARTS) is 1. The number of nitrogens with one attached hydrogen (secondary N) is 1. The number of aliphatic carboxylic acids is 1. The first kappa shape index (κ1) is 18.8. The first-order chi connectivity index (χ1) is 12.7. The van der Waals surface area contributed by atoms with Gasteiger partial charge in [0.2, 0.25) is 11.7 Å². The topological polar surface area (TPSA) is 109 Å². The van der Waals surface area contributed by atoms with Gasteiger partial charge in [-0.2, -0.15) is 4.98 Å². The van der Waals surface area contributed by atoms with Crippen LogP contribution in [-0.4, -0.2) is 45.2 Å². The van der Waals surface area contributed by atoms with Crippen molar-refractivity contribution in [3.05, 3.63) is 35.5 Å². The first-order valence-electron chi connectivity index (χ1n) is 8.58. The molecule has 1 aromatic carbocycles. The van der Waals surface area contributed by atoms with Crippen LogP contribution in [-0.2, 0) is 4.79 Å². The maximum absolute atomic E-state index is 13.7. The van der Waals surface area contributed by atoms with Crippen LogP contribution in [0.15, 0.2) is 22.7 Å². The number of aromatic nitrogens is 2. The summed E-state index contributed by atoms with van der Waals surface area (Å²) in [6.07, 6.45) is 0.397. The molecule has 8 nitrogen and oxygen atoms in total. The van der Waals surface area contributed by atoms with Crippen LogP contribution in [0.2, 0.25) is 0 Å². The van der Waals surface area contributed by atoms with E-state index in [9.17, 15) is 19.1 Å². The fourth-order valence-corrected chi connectivity index (χ4v) is 2.91. The molecule has 1 aliphatic rings. The third kappa shape index (κ3) is 3.76. The minimum absolute atomic E-state index is 0.138. The SMILES string of the molecule is Cc1ccc(-c2noc(C(C)NC(=O)N3CCC(C)(C(=O)O)C3)n2)cc1F. The number of carboxylic acids is 1. The highest BCUT2D eigenvalue weighted by atomic mass is 19.1. The van der Waals surface area contributed by atoms with Gasteiger partial charge in [0.15, 0.2) is 0 Å². The lowest BCUT2D eigenvalue weighted by Crippen LogP contribution is -2.41. The predicted octanol–water partition coefficient (Wildman–Crippen LogP) is 2.75. The van der Waals surface area contributed by atoms with Crippen molar-refractivity contribution < 1.29 is 23.6 Å². The molecule has 2 atom stereocenters. The van der Waals surface area contributed by atoms with E-state index in [2.05, 4.69) is 15.5 Å². The maximum Gasteiger partial charge on any atom is 0.318 e. The lowest BCUT2D eigenvalue weighted by atomic mass is 9.90. The molecular weight excluding hydrogens is 355 g/mol. The lowest BCUT2D eigenvalue weighted by molar-refractivity contribution is -0.147. The summed E-state index contributed by atoms with van der Waals surface area (Å²) < 4.78 is 18.9. The van der Waals surface area contributed by atoms with Crippen molar-refractivity contribution in [1.82, 2.24) is 20.4 Å². The van der Waals surface area contributed by atoms with Gasteiger partial charge in [-0.25, -0.2) is 9.18 Å². The van der Waals surface area contributed by atoms with Crippen LogP contribution in [0, 0.1) is 18.2 Å². The Hall–Kier alpha value is -2.97. The fourth-order valence-electron chi connectivity index (χ4n) is 2.91. The number of rotatable bonds is 4. The monoisotopic (exact) mass is 376 g/mol. The average Bonchev–Trinajstić information content (AvgIpc) is 3.25. The Labute approximate surface area is 155 Å². The molecule has 2 amide bonds. The highest BCUT2D eigenvalue weighted by Crippen LogP contribution is 2.30. The van der Waals surface area contributed by atoms with E-state index in [4.69, 9.17) is 4.52 Å². The number of aryl methyl sites for hydroxylation is 1. The summed E-state index contributed by atoms with van der Waals surface area (Å²) in [5.74, 6) is -0.877. The summed E-state index contributed by atoms with van der Waals surface area (Å²) in [4.78, 5) is 29.4. The fraction of sp³-hybridized carbons (Fsp3) is 0.444. The number of amides is 2. The van der Waals surface area contributed by atoms with E-state index in [0.717, 1.165) is 0 Å². The van der Waals surface area contributed by atoms with Gasteiger partial charge in [-0.05, 0) is 38.8 Å². The van der Waals surface area contributed by atoms with Gasteiger partial charge < -0.3 is 19.8 Å². The van der Waals surface area contributed by atoms with Gasteiger partial charge in [0, 0.05) is 18.7 Å². The molecule has 2 aromatic rings. The average molecular weight is 376 g/mol. The van der Waals surface area contributed by atoms with E-state index >= 15 is 0 Å². The second-order valence-corrected chi connectivity index (χ2v) is 7.13. The molecule has 0 bridgehead atoms. The lowest BCUT2D eigenvalue weighted by Gasteiger charge is -2.21. The molecule has 144 valence electrons. The first-order valence-corrected chi connectivity index (χ1v) is 8.58. The van der Waals surface area contributed by atoms with Crippen molar-refractivity contribution in [2.45, 2.75) is 33.2 Å². The number of benzene rings is 1. The normalized spacial score (nSPS) is 20.5. The van der Waals surface area contributed by atoms with Crippen molar-refractivity contribution in [2.24, 2.45) is 5.41 Å². The molecule has 2 heterocycles. The number of carbonyl (C=O) groups excluding carboxylic acids is 1. The van der Waals surface area contributed by atoms with Gasteiger partial charge in [0.05, 0.1) is 5.41 Å². The van der Waals surface area contributed by atoms with Gasteiger partial charge in [-0.1, -0.05) is 17.3 Å². The summed E-state index contributed by atoms with van der Waals surface area (Å²) in [6.45, 7) is 5.46. The maximum atomic E-state index is 13.7. The summed E-state index contributed by atoms with van der Waals surface area (Å²) in [5.41, 5.74) is 0.0544. The van der Waals surface area contributed by atoms with Gasteiger partial charge in [-0.15, -0.1) is 0 Å². The number of halogens is 1. The Kier molecular flexibility index (Phi) is 4.86. The number of hydrogen-bond donors (Lipinski definition) is 2. The number of urea groups is 1. The number of carbonyl (C=O) groups is 2. The molecule has 1 aromatic heterocycles. The van der Waals surface area contributed by atoms with Crippen molar-refractivity contribution >= 4 is 12.0 Å². The molecule has 0 saturated carbocycles. The minimum Gasteiger partial charge on any atom is -0.481 e. The van der Waals surface area contributed by atoms with Crippen molar-refractivity contribution in [2.75, 3.05) is 13.1 Å². The number of hydrogen-bond acceptors (Lipinski definition) is 5. The van der Waals surface area contributed by atoms with E-state index in [1.807, 2.05) is 0 Å². The highest BCUT2D eigenvalue weighted by Gasteiger charge is 2.42. The third-order valence-corrected chi connectivity index (χ3v) is 4.86. The molecule has 1 aliphatic heterocycles. The molecule has 2 unspecified atom stereocenters. The highest BCUT2D eigenvalue weighted by molar-refractivity contribution is 5.79. The zero-order valence-electron chi connectivity index (χ0n) is 15.3. The van der Waals surface area contributed by atoms with Crippen LogP contribution in [0.3, 0.4) is 0 Å². The molecule has 0 aliphatic carbocycles. The van der Waals surface area contributed by atoms with E-state index < -0.39 is 23.5 Å². The van der Waals surface area contributed by atoms with E-state index in [0.29, 0.717) is 24.1 Å². The van der Waals surface area contributed by atoms with Gasteiger partial charge in [-0.3, -0.25) is 4.79 Å². The molecule has 9 heteroatoms. The van der Waals surface area contributed by atoms with E-state index in [1.165, 1.54) is 11.0 Å². The summed E-state index contributed by atoms with van der Waals surface area (Å²) in [6, 6.07) is 3.66. The molecule has 1 saturated heterocycles. The van der Waals surface area contributed by atoms with Gasteiger partial charge in [0.1, 0.15) is 11.9 Å². The van der Waals surface area contributed by atoms with Crippen LogP contribution in [0.25, 0.3) is 11.4 Å². The molecule has 0 spiro atoms. The van der Waals surface area contributed by atoms with Crippen LogP contribution in [0.1, 0.15) is 37.8 Å². The van der Waals surface area contributed by atoms with Crippen LogP contribution in [0.5, 0.6) is 0 Å². The molecule has 1 fully saturated rings. The number of nitrogens with zero attached hydrogens (tertiary/aromatic N) is 3. The van der Waals surface area contributed by atoms with E-state index in [1.54, 1.807) is 32.9 Å². The predicted molar refractivity (Wildman–Crippen MR) is 93.3 cm³/mol. The Morgan fingerprint density at radius 3 is 2.81 bits per heavy atom. The summed E-state index contributed by atoms with van der Waals surface area (Å²) in [7, 11) is 0. The zero-order valence-corrected chi connectivity index (χ0v) is 15.3. The van der Waals surface area contributed by atoms with Gasteiger partial charge >= 0.3 is 12.0 Å².